The van der Waals surface area contributed by atoms with Gasteiger partial charge in [-0.15, -0.1) is 0 Å². The van der Waals surface area contributed by atoms with Crippen LogP contribution in [0.1, 0.15) is 24.8 Å². The lowest BCUT2D eigenvalue weighted by molar-refractivity contribution is 0.494. The third-order valence-electron chi connectivity index (χ3n) is 4.11. The number of nitrogens with one attached hydrogen (secondary N) is 1. The Balaban J connectivity index is 1.81. The van der Waals surface area contributed by atoms with E-state index in [4.69, 9.17) is 11.1 Å². The Hall–Kier alpha value is -1.58. The van der Waals surface area contributed by atoms with Gasteiger partial charge in [-0.05, 0) is 36.8 Å². The lowest BCUT2D eigenvalue weighted by Crippen LogP contribution is -2.22. The normalized spacial score (nSPS) is 27.2. The second kappa shape index (κ2) is 4.02. The van der Waals surface area contributed by atoms with Crippen LogP contribution in [0.4, 0.5) is 5.82 Å². The number of hydrogen-bond donors (Lipinski definition) is 2. The number of nitrogens with two attached hydrogens (primary N) is 1. The smallest absolute Gasteiger partial charge is 0.129 e. The Kier molecular flexibility index (Phi) is 2.50. The monoisotopic (exact) mass is 230 g/mol. The minimum atomic E-state index is 0.119. The molecule has 0 radical (unpaired) electrons. The van der Waals surface area contributed by atoms with Gasteiger partial charge in [0.05, 0.1) is 0 Å². The van der Waals surface area contributed by atoms with Crippen molar-refractivity contribution in [2.45, 2.75) is 19.3 Å². The van der Waals surface area contributed by atoms with Crippen LogP contribution in [0.15, 0.2) is 18.3 Å². The number of hydrogen-bond acceptors (Lipinski definition) is 3. The van der Waals surface area contributed by atoms with Crippen LogP contribution in [0.2, 0.25) is 0 Å². The van der Waals surface area contributed by atoms with Crippen molar-refractivity contribution >= 4 is 11.7 Å². The number of pyridine rings is 1. The van der Waals surface area contributed by atoms with Crippen LogP contribution < -0.4 is 10.6 Å². The Morgan fingerprint density at radius 3 is 2.71 bits per heavy atom. The molecule has 2 unspecified atom stereocenters. The first-order valence-corrected chi connectivity index (χ1v) is 6.29. The zero-order valence-corrected chi connectivity index (χ0v) is 9.89. The third-order valence-corrected chi connectivity index (χ3v) is 4.11. The second-order valence-corrected chi connectivity index (χ2v) is 5.17. The largest absolute Gasteiger partial charge is 0.384 e. The van der Waals surface area contributed by atoms with E-state index in [0.717, 1.165) is 36.3 Å². The standard InChI is InChI=1S/C13H18N4/c14-13(15)9-4-5-16-12(6-9)17-7-10-2-1-3-11(10)8-17/h4-6,10-11H,1-3,7-8H2,(H3,14,15). The summed E-state index contributed by atoms with van der Waals surface area (Å²) in [7, 11) is 0. The molecule has 2 fully saturated rings. The third kappa shape index (κ3) is 1.88. The first-order chi connectivity index (χ1) is 8.24. The van der Waals surface area contributed by atoms with E-state index in [9.17, 15) is 0 Å². The van der Waals surface area contributed by atoms with Crippen molar-refractivity contribution in [3.8, 4) is 0 Å². The van der Waals surface area contributed by atoms with Gasteiger partial charge in [-0.3, -0.25) is 5.41 Å². The van der Waals surface area contributed by atoms with Crippen LogP contribution >= 0.6 is 0 Å². The van der Waals surface area contributed by atoms with Gasteiger partial charge in [-0.25, -0.2) is 4.98 Å². The van der Waals surface area contributed by atoms with Crippen molar-refractivity contribution in [1.29, 1.82) is 5.41 Å². The first kappa shape index (κ1) is 10.6. The van der Waals surface area contributed by atoms with E-state index in [-0.39, 0.29) is 5.84 Å². The Labute approximate surface area is 101 Å². The number of fused-ring (bicyclic) bond motifs is 1. The minimum Gasteiger partial charge on any atom is -0.384 e. The lowest BCUT2D eigenvalue weighted by Gasteiger charge is -2.18. The molecule has 3 N–H and O–H groups in total. The van der Waals surface area contributed by atoms with Crippen LogP contribution in [0.5, 0.6) is 0 Å². The molecule has 2 heterocycles. The maximum Gasteiger partial charge on any atom is 0.129 e. The Morgan fingerprint density at radius 2 is 2.06 bits per heavy atom. The van der Waals surface area contributed by atoms with Gasteiger partial charge >= 0.3 is 0 Å². The molecule has 90 valence electrons. The van der Waals surface area contributed by atoms with E-state index in [1.165, 1.54) is 19.3 Å². The van der Waals surface area contributed by atoms with E-state index >= 15 is 0 Å². The number of nitrogens with zero attached hydrogens (tertiary/aromatic N) is 2. The molecule has 1 saturated carbocycles. The SMILES string of the molecule is N=C(N)c1ccnc(N2CC3CCCC3C2)c1. The fraction of sp³-hybridized carbons (Fsp3) is 0.538. The van der Waals surface area contributed by atoms with Gasteiger partial charge < -0.3 is 10.6 Å². The summed E-state index contributed by atoms with van der Waals surface area (Å²) in [6, 6.07) is 3.73. The molecule has 2 atom stereocenters. The van der Waals surface area contributed by atoms with Gasteiger partial charge in [0.25, 0.3) is 0 Å². The highest BCUT2D eigenvalue weighted by Gasteiger charge is 2.36. The van der Waals surface area contributed by atoms with Crippen LogP contribution in [-0.4, -0.2) is 23.9 Å². The summed E-state index contributed by atoms with van der Waals surface area (Å²) in [5.74, 6) is 2.82. The molecular formula is C13H18N4. The molecule has 17 heavy (non-hydrogen) atoms. The maximum absolute atomic E-state index is 7.46. The van der Waals surface area contributed by atoms with Crippen LogP contribution in [-0.2, 0) is 0 Å². The van der Waals surface area contributed by atoms with Crippen LogP contribution in [0.25, 0.3) is 0 Å². The molecule has 0 amide bonds. The number of amidine groups is 1. The number of anilines is 1. The summed E-state index contributed by atoms with van der Waals surface area (Å²) >= 11 is 0. The van der Waals surface area contributed by atoms with Gasteiger partial charge in [-0.1, -0.05) is 6.42 Å². The fourth-order valence-electron chi connectivity index (χ4n) is 3.18. The first-order valence-electron chi connectivity index (χ1n) is 6.29. The highest BCUT2D eigenvalue weighted by molar-refractivity contribution is 5.95. The van der Waals surface area contributed by atoms with E-state index in [0.29, 0.717) is 0 Å². The summed E-state index contributed by atoms with van der Waals surface area (Å²) in [4.78, 5) is 6.75. The molecular weight excluding hydrogens is 212 g/mol. The molecule has 1 aromatic heterocycles. The molecule has 0 aromatic carbocycles. The summed E-state index contributed by atoms with van der Waals surface area (Å²) in [6.07, 6.45) is 5.88. The molecule has 1 aromatic rings. The molecule has 1 aliphatic heterocycles. The molecule has 4 heteroatoms. The fourth-order valence-corrected chi connectivity index (χ4v) is 3.18. The lowest BCUT2D eigenvalue weighted by atomic mass is 10.0. The predicted molar refractivity (Wildman–Crippen MR) is 68.3 cm³/mol. The van der Waals surface area contributed by atoms with Crippen molar-refractivity contribution in [2.24, 2.45) is 17.6 Å². The molecule has 1 saturated heterocycles. The highest BCUT2D eigenvalue weighted by Crippen LogP contribution is 2.39. The predicted octanol–water partition coefficient (Wildman–Crippen LogP) is 1.60. The van der Waals surface area contributed by atoms with E-state index in [1.807, 2.05) is 6.07 Å². The molecule has 1 aliphatic carbocycles. The van der Waals surface area contributed by atoms with Gasteiger partial charge in [0.2, 0.25) is 0 Å². The Morgan fingerprint density at radius 1 is 1.35 bits per heavy atom. The minimum absolute atomic E-state index is 0.119. The average Bonchev–Trinajstić information content (AvgIpc) is 2.89. The second-order valence-electron chi connectivity index (χ2n) is 5.17. The summed E-state index contributed by atoms with van der Waals surface area (Å²) in [5.41, 5.74) is 6.28. The number of nitrogen functional groups attached to an aromatic ring is 1. The van der Waals surface area contributed by atoms with Crippen LogP contribution in [0.3, 0.4) is 0 Å². The molecule has 0 spiro atoms. The molecule has 4 nitrogen and oxygen atoms in total. The number of aromatic nitrogens is 1. The molecule has 3 rings (SSSR count). The van der Waals surface area contributed by atoms with Crippen molar-refractivity contribution in [1.82, 2.24) is 4.98 Å². The van der Waals surface area contributed by atoms with Gasteiger partial charge in [-0.2, -0.15) is 0 Å². The van der Waals surface area contributed by atoms with Crippen molar-refractivity contribution < 1.29 is 0 Å². The zero-order valence-electron chi connectivity index (χ0n) is 9.89. The van der Waals surface area contributed by atoms with E-state index in [2.05, 4.69) is 9.88 Å². The van der Waals surface area contributed by atoms with Gasteiger partial charge in [0.1, 0.15) is 11.7 Å². The maximum atomic E-state index is 7.46. The van der Waals surface area contributed by atoms with E-state index in [1.54, 1.807) is 12.3 Å². The van der Waals surface area contributed by atoms with Crippen LogP contribution in [0, 0.1) is 17.2 Å². The van der Waals surface area contributed by atoms with Gasteiger partial charge in [0.15, 0.2) is 0 Å². The quantitative estimate of drug-likeness (QED) is 0.599. The van der Waals surface area contributed by atoms with Crippen molar-refractivity contribution in [2.75, 3.05) is 18.0 Å². The highest BCUT2D eigenvalue weighted by atomic mass is 15.2. The average molecular weight is 230 g/mol. The van der Waals surface area contributed by atoms with Crippen molar-refractivity contribution in [3.63, 3.8) is 0 Å². The topological polar surface area (TPSA) is 66.0 Å². The summed E-state index contributed by atoms with van der Waals surface area (Å²) in [5, 5.41) is 7.46. The zero-order chi connectivity index (χ0) is 11.8. The number of rotatable bonds is 2. The van der Waals surface area contributed by atoms with E-state index < -0.39 is 0 Å². The molecule has 2 aliphatic rings. The van der Waals surface area contributed by atoms with Crippen molar-refractivity contribution in [3.05, 3.63) is 23.9 Å². The summed E-state index contributed by atoms with van der Waals surface area (Å²) in [6.45, 7) is 2.25. The molecule has 0 bridgehead atoms. The van der Waals surface area contributed by atoms with Gasteiger partial charge in [0, 0.05) is 24.8 Å². The Bertz CT molecular complexity index is 431. The summed E-state index contributed by atoms with van der Waals surface area (Å²) < 4.78 is 0.